The zero-order valence-corrected chi connectivity index (χ0v) is 12.8. The van der Waals surface area contributed by atoms with E-state index >= 15 is 0 Å². The zero-order chi connectivity index (χ0) is 15.2. The lowest BCUT2D eigenvalue weighted by Crippen LogP contribution is -2.13. The Kier molecular flexibility index (Phi) is 6.09. The Balaban J connectivity index is 2.64. The van der Waals surface area contributed by atoms with E-state index in [2.05, 4.69) is 4.74 Å². The third-order valence-corrected chi connectivity index (χ3v) is 4.58. The zero-order valence-electron chi connectivity index (χ0n) is 11.2. The number of rotatable bonds is 7. The highest BCUT2D eigenvalue weighted by Crippen LogP contribution is 2.11. The van der Waals surface area contributed by atoms with Gasteiger partial charge in [-0.2, -0.15) is 0 Å². The molecule has 0 unspecified atom stereocenters. The van der Waals surface area contributed by atoms with E-state index in [0.29, 0.717) is 11.1 Å². The number of sulfone groups is 1. The molecular formula is C13H17NO4S2. The fourth-order valence-corrected chi connectivity index (χ4v) is 3.22. The van der Waals surface area contributed by atoms with Gasteiger partial charge in [0, 0.05) is 12.0 Å². The van der Waals surface area contributed by atoms with E-state index in [1.54, 1.807) is 24.3 Å². The molecule has 0 aromatic heterocycles. The molecule has 20 heavy (non-hydrogen) atoms. The molecule has 1 aromatic carbocycles. The van der Waals surface area contributed by atoms with E-state index < -0.39 is 15.8 Å². The van der Waals surface area contributed by atoms with Gasteiger partial charge in [0.1, 0.15) is 4.99 Å². The summed E-state index contributed by atoms with van der Waals surface area (Å²) in [5.41, 5.74) is 6.78. The SMILES string of the molecule is COC(=O)CCCS(=O)(=O)Cc1cccc(C(N)=S)c1. The van der Waals surface area contributed by atoms with Crippen LogP contribution in [0, 0.1) is 0 Å². The number of benzene rings is 1. The summed E-state index contributed by atoms with van der Waals surface area (Å²) in [6.45, 7) is 0. The highest BCUT2D eigenvalue weighted by atomic mass is 32.2. The number of thiocarbonyl (C=S) groups is 1. The monoisotopic (exact) mass is 315 g/mol. The number of hydrogen-bond donors (Lipinski definition) is 1. The first-order valence-electron chi connectivity index (χ1n) is 6.00. The summed E-state index contributed by atoms with van der Waals surface area (Å²) in [5.74, 6) is -0.556. The average molecular weight is 315 g/mol. The summed E-state index contributed by atoms with van der Waals surface area (Å²) >= 11 is 4.85. The molecule has 0 fully saturated rings. The molecule has 0 radical (unpaired) electrons. The van der Waals surface area contributed by atoms with Crippen molar-refractivity contribution in [1.82, 2.24) is 0 Å². The van der Waals surface area contributed by atoms with Crippen LogP contribution in [-0.2, 0) is 25.1 Å². The van der Waals surface area contributed by atoms with Crippen LogP contribution < -0.4 is 5.73 Å². The normalized spacial score (nSPS) is 11.1. The summed E-state index contributed by atoms with van der Waals surface area (Å²) in [5, 5.41) is 0. The van der Waals surface area contributed by atoms with Crippen molar-refractivity contribution in [2.45, 2.75) is 18.6 Å². The maximum atomic E-state index is 11.9. The minimum Gasteiger partial charge on any atom is -0.469 e. The van der Waals surface area contributed by atoms with Gasteiger partial charge in [0.15, 0.2) is 9.84 Å². The number of carbonyl (C=O) groups is 1. The van der Waals surface area contributed by atoms with Crippen LogP contribution in [0.5, 0.6) is 0 Å². The van der Waals surface area contributed by atoms with Crippen molar-refractivity contribution in [2.75, 3.05) is 12.9 Å². The predicted molar refractivity (Wildman–Crippen MR) is 81.1 cm³/mol. The minimum absolute atomic E-state index is 0.0562. The Bertz CT molecular complexity index is 596. The smallest absolute Gasteiger partial charge is 0.305 e. The van der Waals surface area contributed by atoms with Gasteiger partial charge in [-0.15, -0.1) is 0 Å². The maximum absolute atomic E-state index is 11.9. The first kappa shape index (κ1) is 16.6. The van der Waals surface area contributed by atoms with E-state index in [-0.39, 0.29) is 29.3 Å². The Morgan fingerprint density at radius 3 is 2.70 bits per heavy atom. The first-order valence-corrected chi connectivity index (χ1v) is 8.23. The van der Waals surface area contributed by atoms with E-state index in [9.17, 15) is 13.2 Å². The standard InChI is InChI=1S/C13H17NO4S2/c1-18-12(15)6-3-7-20(16,17)9-10-4-2-5-11(8-10)13(14)19/h2,4-5,8H,3,6-7,9H2,1H3,(H2,14,19). The average Bonchev–Trinajstić information content (AvgIpc) is 2.37. The first-order chi connectivity index (χ1) is 9.34. The van der Waals surface area contributed by atoms with Crippen LogP contribution in [0.25, 0.3) is 0 Å². The van der Waals surface area contributed by atoms with Gasteiger partial charge in [-0.1, -0.05) is 30.4 Å². The van der Waals surface area contributed by atoms with Gasteiger partial charge < -0.3 is 10.5 Å². The van der Waals surface area contributed by atoms with E-state index in [1.165, 1.54) is 7.11 Å². The highest BCUT2D eigenvalue weighted by molar-refractivity contribution is 7.90. The number of carbonyl (C=O) groups excluding carboxylic acids is 1. The summed E-state index contributed by atoms with van der Waals surface area (Å²) in [6, 6.07) is 6.82. The van der Waals surface area contributed by atoms with Gasteiger partial charge in [0.05, 0.1) is 18.6 Å². The number of ether oxygens (including phenoxy) is 1. The predicted octanol–water partition coefficient (Wildman–Crippen LogP) is 1.19. The molecule has 1 aromatic rings. The van der Waals surface area contributed by atoms with Crippen molar-refractivity contribution in [3.8, 4) is 0 Å². The molecule has 0 bridgehead atoms. The van der Waals surface area contributed by atoms with Crippen LogP contribution in [0.3, 0.4) is 0 Å². The van der Waals surface area contributed by atoms with Crippen molar-refractivity contribution in [2.24, 2.45) is 5.73 Å². The van der Waals surface area contributed by atoms with Gasteiger partial charge in [-0.05, 0) is 18.1 Å². The molecule has 0 spiro atoms. The van der Waals surface area contributed by atoms with Crippen LogP contribution in [0.1, 0.15) is 24.0 Å². The summed E-state index contributed by atoms with van der Waals surface area (Å²) < 4.78 is 28.3. The molecule has 0 saturated carbocycles. The van der Waals surface area contributed by atoms with Gasteiger partial charge in [-0.25, -0.2) is 8.42 Å². The Labute approximate surface area is 124 Å². The largest absolute Gasteiger partial charge is 0.469 e. The van der Waals surface area contributed by atoms with Gasteiger partial charge in [0.2, 0.25) is 0 Å². The number of methoxy groups -OCH3 is 1. The van der Waals surface area contributed by atoms with Crippen molar-refractivity contribution in [3.63, 3.8) is 0 Å². The lowest BCUT2D eigenvalue weighted by atomic mass is 10.1. The lowest BCUT2D eigenvalue weighted by molar-refractivity contribution is -0.140. The molecule has 0 aliphatic rings. The van der Waals surface area contributed by atoms with Crippen LogP contribution in [0.2, 0.25) is 0 Å². The Hall–Kier alpha value is -1.47. The van der Waals surface area contributed by atoms with Gasteiger partial charge in [0.25, 0.3) is 0 Å². The van der Waals surface area contributed by atoms with E-state index in [0.717, 1.165) is 0 Å². The molecule has 0 amide bonds. The molecule has 0 saturated heterocycles. The van der Waals surface area contributed by atoms with E-state index in [4.69, 9.17) is 18.0 Å². The molecule has 7 heteroatoms. The summed E-state index contributed by atoms with van der Waals surface area (Å²) in [7, 11) is -2.00. The molecular weight excluding hydrogens is 298 g/mol. The molecule has 0 heterocycles. The topological polar surface area (TPSA) is 86.5 Å². The number of nitrogens with two attached hydrogens (primary N) is 1. The molecule has 0 aliphatic heterocycles. The molecule has 1 rings (SSSR count). The van der Waals surface area contributed by atoms with Crippen LogP contribution >= 0.6 is 12.2 Å². The van der Waals surface area contributed by atoms with Crippen LogP contribution in [-0.4, -0.2) is 32.2 Å². The maximum Gasteiger partial charge on any atom is 0.305 e. The molecule has 0 atom stereocenters. The number of hydrogen-bond acceptors (Lipinski definition) is 5. The Morgan fingerprint density at radius 2 is 2.10 bits per heavy atom. The molecule has 0 aliphatic carbocycles. The van der Waals surface area contributed by atoms with Crippen LogP contribution in [0.15, 0.2) is 24.3 Å². The Morgan fingerprint density at radius 1 is 1.40 bits per heavy atom. The molecule has 2 N–H and O–H groups in total. The second-order valence-corrected chi connectivity index (χ2v) is 6.96. The lowest BCUT2D eigenvalue weighted by Gasteiger charge is -2.06. The quantitative estimate of drug-likeness (QED) is 0.601. The second kappa shape index (κ2) is 7.35. The number of esters is 1. The minimum atomic E-state index is -3.27. The van der Waals surface area contributed by atoms with Crippen molar-refractivity contribution in [1.29, 1.82) is 0 Å². The van der Waals surface area contributed by atoms with Crippen LogP contribution in [0.4, 0.5) is 0 Å². The fraction of sp³-hybridized carbons (Fsp3) is 0.385. The second-order valence-electron chi connectivity index (χ2n) is 4.34. The summed E-state index contributed by atoms with van der Waals surface area (Å²) in [4.78, 5) is 11.2. The summed E-state index contributed by atoms with van der Waals surface area (Å²) in [6.07, 6.45) is 0.354. The van der Waals surface area contributed by atoms with Crippen molar-refractivity contribution < 1.29 is 17.9 Å². The fourth-order valence-electron chi connectivity index (χ4n) is 1.68. The molecule has 110 valence electrons. The van der Waals surface area contributed by atoms with Crippen molar-refractivity contribution >= 4 is 33.0 Å². The van der Waals surface area contributed by atoms with Gasteiger partial charge in [-0.3, -0.25) is 4.79 Å². The van der Waals surface area contributed by atoms with Crippen molar-refractivity contribution in [3.05, 3.63) is 35.4 Å². The van der Waals surface area contributed by atoms with E-state index in [1.807, 2.05) is 0 Å². The third kappa shape index (κ3) is 5.66. The third-order valence-electron chi connectivity index (χ3n) is 2.66. The highest BCUT2D eigenvalue weighted by Gasteiger charge is 2.13. The van der Waals surface area contributed by atoms with Gasteiger partial charge >= 0.3 is 5.97 Å². The molecule has 5 nitrogen and oxygen atoms in total.